The maximum atomic E-state index is 13.4. The average Bonchev–Trinajstić information content (AvgIpc) is 2.42. The van der Waals surface area contributed by atoms with E-state index in [2.05, 4.69) is 22.2 Å². The van der Waals surface area contributed by atoms with Crippen LogP contribution in [0, 0.1) is 5.82 Å². The van der Waals surface area contributed by atoms with Crippen molar-refractivity contribution in [3.8, 4) is 11.3 Å². The van der Waals surface area contributed by atoms with E-state index in [1.165, 1.54) is 12.1 Å². The molecule has 0 atom stereocenters. The summed E-state index contributed by atoms with van der Waals surface area (Å²) in [6.45, 7) is 4.83. The number of halogens is 2. The fourth-order valence-electron chi connectivity index (χ4n) is 1.94. The largest absolute Gasteiger partial charge is 0.370 e. The van der Waals surface area contributed by atoms with Gasteiger partial charge < -0.3 is 5.32 Å². The first-order valence-corrected chi connectivity index (χ1v) is 7.09. The summed E-state index contributed by atoms with van der Waals surface area (Å²) < 4.78 is 13.4. The van der Waals surface area contributed by atoms with Gasteiger partial charge in [0.05, 0.1) is 10.7 Å². The molecule has 0 bridgehead atoms. The van der Waals surface area contributed by atoms with Crippen molar-refractivity contribution in [1.82, 2.24) is 9.97 Å². The van der Waals surface area contributed by atoms with Gasteiger partial charge in [-0.15, -0.1) is 0 Å². The third-order valence-corrected chi connectivity index (χ3v) is 3.14. The van der Waals surface area contributed by atoms with Crippen molar-refractivity contribution in [3.63, 3.8) is 0 Å². The number of hydrogen-bond acceptors (Lipinski definition) is 3. The Hall–Kier alpha value is -1.68. The number of nitrogens with zero attached hydrogens (tertiary/aromatic N) is 2. The van der Waals surface area contributed by atoms with Crippen molar-refractivity contribution < 1.29 is 4.39 Å². The van der Waals surface area contributed by atoms with E-state index >= 15 is 0 Å². The second kappa shape index (κ2) is 6.66. The molecular weight excluding hydrogens is 277 g/mol. The first kappa shape index (κ1) is 14.7. The SMILES string of the molecule is CCCc1nc(NCC)cc(-c2cc(F)ccc2Cl)n1. The molecule has 1 aromatic carbocycles. The van der Waals surface area contributed by atoms with Crippen LogP contribution < -0.4 is 5.32 Å². The second-order valence-corrected chi connectivity index (χ2v) is 4.87. The third kappa shape index (κ3) is 3.45. The maximum absolute atomic E-state index is 13.4. The fraction of sp³-hybridized carbons (Fsp3) is 0.333. The van der Waals surface area contributed by atoms with Gasteiger partial charge in [-0.2, -0.15) is 0 Å². The Labute approximate surface area is 123 Å². The standard InChI is InChI=1S/C15H17ClFN3/c1-3-5-14-19-13(9-15(20-14)18-4-2)11-8-10(17)6-7-12(11)16/h6-9H,3-5H2,1-2H3,(H,18,19,20). The highest BCUT2D eigenvalue weighted by molar-refractivity contribution is 6.33. The van der Waals surface area contributed by atoms with Crippen LogP contribution in [0.3, 0.4) is 0 Å². The van der Waals surface area contributed by atoms with Gasteiger partial charge in [0.25, 0.3) is 0 Å². The van der Waals surface area contributed by atoms with E-state index in [9.17, 15) is 4.39 Å². The lowest BCUT2D eigenvalue weighted by atomic mass is 10.1. The summed E-state index contributed by atoms with van der Waals surface area (Å²) in [6.07, 6.45) is 1.73. The minimum absolute atomic E-state index is 0.329. The molecule has 5 heteroatoms. The molecule has 0 saturated carbocycles. The summed E-state index contributed by atoms with van der Waals surface area (Å²) in [5.74, 6) is 1.15. The molecular formula is C15H17ClFN3. The van der Waals surface area contributed by atoms with Gasteiger partial charge in [0.1, 0.15) is 17.5 Å². The monoisotopic (exact) mass is 293 g/mol. The number of aromatic nitrogens is 2. The van der Waals surface area contributed by atoms with Crippen molar-refractivity contribution in [2.24, 2.45) is 0 Å². The van der Waals surface area contributed by atoms with E-state index in [1.807, 2.05) is 6.92 Å². The molecule has 0 amide bonds. The van der Waals surface area contributed by atoms with E-state index < -0.39 is 0 Å². The summed E-state index contributed by atoms with van der Waals surface area (Å²) in [4.78, 5) is 8.91. The summed E-state index contributed by atoms with van der Waals surface area (Å²) in [6, 6.07) is 6.07. The molecule has 0 spiro atoms. The summed E-state index contributed by atoms with van der Waals surface area (Å²) in [5.41, 5.74) is 1.23. The highest BCUT2D eigenvalue weighted by Crippen LogP contribution is 2.28. The van der Waals surface area contributed by atoms with Gasteiger partial charge in [-0.3, -0.25) is 0 Å². The minimum Gasteiger partial charge on any atom is -0.370 e. The molecule has 1 N–H and O–H groups in total. The smallest absolute Gasteiger partial charge is 0.131 e. The van der Waals surface area contributed by atoms with E-state index in [0.717, 1.165) is 31.0 Å². The van der Waals surface area contributed by atoms with Crippen molar-refractivity contribution >= 4 is 17.4 Å². The van der Waals surface area contributed by atoms with Crippen LogP contribution in [-0.4, -0.2) is 16.5 Å². The topological polar surface area (TPSA) is 37.8 Å². The van der Waals surface area contributed by atoms with Crippen LogP contribution in [0.1, 0.15) is 26.1 Å². The predicted octanol–water partition coefficient (Wildman–Crippen LogP) is 4.32. The maximum Gasteiger partial charge on any atom is 0.131 e. The minimum atomic E-state index is -0.329. The highest BCUT2D eigenvalue weighted by atomic mass is 35.5. The van der Waals surface area contributed by atoms with Crippen molar-refractivity contribution in [2.45, 2.75) is 26.7 Å². The fourth-order valence-corrected chi connectivity index (χ4v) is 2.15. The Morgan fingerprint density at radius 1 is 1.20 bits per heavy atom. The molecule has 0 aliphatic carbocycles. The summed E-state index contributed by atoms with van der Waals surface area (Å²) >= 11 is 6.14. The average molecular weight is 294 g/mol. The van der Waals surface area contributed by atoms with Crippen LogP contribution in [0.5, 0.6) is 0 Å². The third-order valence-electron chi connectivity index (χ3n) is 2.81. The zero-order valence-electron chi connectivity index (χ0n) is 11.6. The Balaban J connectivity index is 2.51. The lowest BCUT2D eigenvalue weighted by molar-refractivity contribution is 0.628. The van der Waals surface area contributed by atoms with Gasteiger partial charge in [-0.05, 0) is 31.5 Å². The van der Waals surface area contributed by atoms with Gasteiger partial charge in [-0.25, -0.2) is 14.4 Å². The molecule has 0 aliphatic heterocycles. The van der Waals surface area contributed by atoms with Crippen LogP contribution in [0.25, 0.3) is 11.3 Å². The number of rotatable bonds is 5. The van der Waals surface area contributed by atoms with Gasteiger partial charge in [-0.1, -0.05) is 18.5 Å². The molecule has 0 aliphatic rings. The first-order chi connectivity index (χ1) is 9.63. The molecule has 2 rings (SSSR count). The Morgan fingerprint density at radius 2 is 2.00 bits per heavy atom. The van der Waals surface area contributed by atoms with E-state index in [1.54, 1.807) is 12.1 Å². The highest BCUT2D eigenvalue weighted by Gasteiger charge is 2.10. The van der Waals surface area contributed by atoms with Crippen molar-refractivity contribution in [2.75, 3.05) is 11.9 Å². The zero-order valence-corrected chi connectivity index (χ0v) is 12.3. The molecule has 0 radical (unpaired) electrons. The number of hydrogen-bond donors (Lipinski definition) is 1. The Kier molecular flexibility index (Phi) is 4.90. The molecule has 0 fully saturated rings. The van der Waals surface area contributed by atoms with E-state index in [-0.39, 0.29) is 5.82 Å². The molecule has 1 heterocycles. The zero-order chi connectivity index (χ0) is 14.5. The molecule has 1 aromatic heterocycles. The Bertz CT molecular complexity index is 577. The Morgan fingerprint density at radius 3 is 2.70 bits per heavy atom. The quantitative estimate of drug-likeness (QED) is 0.892. The molecule has 0 saturated heterocycles. The number of aryl methyl sites for hydroxylation is 1. The molecule has 2 aromatic rings. The normalized spacial score (nSPS) is 10.6. The second-order valence-electron chi connectivity index (χ2n) is 4.46. The van der Waals surface area contributed by atoms with Gasteiger partial charge >= 0.3 is 0 Å². The molecule has 0 unspecified atom stereocenters. The van der Waals surface area contributed by atoms with Gasteiger partial charge in [0.15, 0.2) is 0 Å². The van der Waals surface area contributed by atoms with Crippen LogP contribution in [0.15, 0.2) is 24.3 Å². The predicted molar refractivity (Wildman–Crippen MR) is 80.6 cm³/mol. The van der Waals surface area contributed by atoms with Gasteiger partial charge in [0, 0.05) is 24.6 Å². The summed E-state index contributed by atoms with van der Waals surface area (Å²) in [5, 5.41) is 3.64. The van der Waals surface area contributed by atoms with Crippen molar-refractivity contribution in [3.05, 3.63) is 40.9 Å². The lowest BCUT2D eigenvalue weighted by Crippen LogP contribution is -2.05. The van der Waals surface area contributed by atoms with Crippen LogP contribution in [0.2, 0.25) is 5.02 Å². The lowest BCUT2D eigenvalue weighted by Gasteiger charge is -2.10. The van der Waals surface area contributed by atoms with E-state index in [0.29, 0.717) is 16.3 Å². The van der Waals surface area contributed by atoms with Crippen LogP contribution in [-0.2, 0) is 6.42 Å². The van der Waals surface area contributed by atoms with Crippen LogP contribution >= 0.6 is 11.6 Å². The van der Waals surface area contributed by atoms with E-state index in [4.69, 9.17) is 11.6 Å². The number of nitrogens with one attached hydrogen (secondary N) is 1. The number of benzene rings is 1. The molecule has 3 nitrogen and oxygen atoms in total. The van der Waals surface area contributed by atoms with Crippen molar-refractivity contribution in [1.29, 1.82) is 0 Å². The summed E-state index contributed by atoms with van der Waals surface area (Å²) in [7, 11) is 0. The molecule has 106 valence electrons. The van der Waals surface area contributed by atoms with Gasteiger partial charge in [0.2, 0.25) is 0 Å². The van der Waals surface area contributed by atoms with Crippen LogP contribution in [0.4, 0.5) is 10.2 Å². The first-order valence-electron chi connectivity index (χ1n) is 6.71. The number of anilines is 1. The molecule has 20 heavy (non-hydrogen) atoms.